The molecule has 0 spiro atoms. The Morgan fingerprint density at radius 3 is 0.706 bits per heavy atom. The summed E-state index contributed by atoms with van der Waals surface area (Å²) < 4.78 is 4.82. The average molecular weight is 742 g/mol. The van der Waals surface area contributed by atoms with Gasteiger partial charge in [0.05, 0.1) is 6.61 Å². The van der Waals surface area contributed by atoms with E-state index in [0.717, 1.165) is 12.8 Å². The number of hydrogen-bond donors (Lipinski definition) is 2. The van der Waals surface area contributed by atoms with Crippen LogP contribution in [0.2, 0.25) is 0 Å². The van der Waals surface area contributed by atoms with Crippen LogP contribution in [0, 0.1) is 0 Å². The third-order valence-corrected chi connectivity index (χ3v) is 11.6. The minimum atomic E-state index is -2.16. The van der Waals surface area contributed by atoms with E-state index < -0.39 is 8.60 Å². The van der Waals surface area contributed by atoms with Gasteiger partial charge in [0.1, 0.15) is 0 Å². The van der Waals surface area contributed by atoms with Gasteiger partial charge in [-0.15, -0.1) is 0 Å². The Bertz CT molecular complexity index is 579. The molecule has 51 heavy (non-hydrogen) atoms. The summed E-state index contributed by atoms with van der Waals surface area (Å²) in [4.78, 5) is 20.3. The molecule has 0 fully saturated rings. The maximum atomic E-state index is 8.74. The molecule has 4 nitrogen and oxygen atoms in total. The molecular weight excluding hydrogens is 645 g/mol. The maximum absolute atomic E-state index is 8.74. The molecule has 0 unspecified atom stereocenters. The predicted octanol–water partition coefficient (Wildman–Crippen LogP) is 16.2. The molecule has 308 valence electrons. The van der Waals surface area contributed by atoms with E-state index in [1.165, 1.54) is 264 Å². The molecule has 0 amide bonds. The summed E-state index contributed by atoms with van der Waals surface area (Å²) in [7, 11) is -2.16. The fourth-order valence-electron chi connectivity index (χ4n) is 7.75. The zero-order valence-corrected chi connectivity index (χ0v) is 36.2. The molecule has 0 radical (unpaired) electrons. The van der Waals surface area contributed by atoms with Crippen molar-refractivity contribution in [2.75, 3.05) is 26.2 Å². The summed E-state index contributed by atoms with van der Waals surface area (Å²) >= 11 is 0. The van der Waals surface area contributed by atoms with E-state index in [-0.39, 0.29) is 0 Å². The van der Waals surface area contributed by atoms with Gasteiger partial charge in [-0.05, 0) is 45.3 Å². The molecule has 0 aliphatic rings. The Morgan fingerprint density at radius 2 is 0.490 bits per heavy atom. The molecule has 0 saturated heterocycles. The number of hydrogen-bond acceptors (Lipinski definition) is 4. The molecule has 0 aliphatic heterocycles. The lowest BCUT2D eigenvalue weighted by molar-refractivity contribution is 0.248. The van der Waals surface area contributed by atoms with Crippen molar-refractivity contribution in [3.63, 3.8) is 0 Å². The molecule has 0 atom stereocenters. The van der Waals surface area contributed by atoms with Crippen LogP contribution in [0.3, 0.4) is 0 Å². The summed E-state index contributed by atoms with van der Waals surface area (Å²) in [5.41, 5.74) is 0. The molecule has 0 saturated carbocycles. The molecule has 2 N–H and O–H groups in total. The highest BCUT2D eigenvalue weighted by atomic mass is 31.2. The van der Waals surface area contributed by atoms with Crippen molar-refractivity contribution in [3.8, 4) is 0 Å². The largest absolute Gasteiger partial charge is 0.328 e. The quantitative estimate of drug-likeness (QED) is 0.0482. The molecule has 0 rings (SSSR count). The number of unbranched alkanes of at least 4 members (excludes halogenated alkanes) is 37. The van der Waals surface area contributed by atoms with Crippen molar-refractivity contribution in [2.45, 2.75) is 271 Å². The Labute approximate surface area is 323 Å². The van der Waals surface area contributed by atoms with E-state index >= 15 is 0 Å². The lowest BCUT2D eigenvalue weighted by Gasteiger charge is -2.22. The third-order valence-electron chi connectivity index (χ3n) is 11.2. The second kappa shape index (κ2) is 46.4. The Morgan fingerprint density at radius 1 is 0.294 bits per heavy atom. The molecular formula is C46H96NO3P. The van der Waals surface area contributed by atoms with Gasteiger partial charge in [0.25, 0.3) is 0 Å². The van der Waals surface area contributed by atoms with Crippen molar-refractivity contribution in [2.24, 2.45) is 0 Å². The highest BCUT2D eigenvalue weighted by Gasteiger charge is 2.06. The van der Waals surface area contributed by atoms with E-state index in [0.29, 0.717) is 6.61 Å². The van der Waals surface area contributed by atoms with Gasteiger partial charge < -0.3 is 19.2 Å². The Hall–Kier alpha value is 0.270. The van der Waals surface area contributed by atoms with Gasteiger partial charge in [-0.25, -0.2) is 0 Å². The maximum Gasteiger partial charge on any atom is 0.327 e. The first-order chi connectivity index (χ1) is 25.2. The van der Waals surface area contributed by atoms with E-state index in [2.05, 4.69) is 18.7 Å². The summed E-state index contributed by atoms with van der Waals surface area (Å²) in [5.74, 6) is 0. The zero-order chi connectivity index (χ0) is 37.0. The van der Waals surface area contributed by atoms with Crippen molar-refractivity contribution in [1.82, 2.24) is 4.90 Å². The number of nitrogens with zero attached hydrogens (tertiary/aromatic N) is 1. The van der Waals surface area contributed by atoms with Gasteiger partial charge in [-0.3, -0.25) is 0 Å². The van der Waals surface area contributed by atoms with Crippen molar-refractivity contribution in [1.29, 1.82) is 0 Å². The van der Waals surface area contributed by atoms with E-state index in [9.17, 15) is 0 Å². The molecule has 0 aromatic heterocycles. The Balaban J connectivity index is 3.86. The first kappa shape index (κ1) is 51.3. The van der Waals surface area contributed by atoms with Gasteiger partial charge in [-0.2, -0.15) is 0 Å². The van der Waals surface area contributed by atoms with Crippen molar-refractivity contribution < 1.29 is 14.3 Å². The van der Waals surface area contributed by atoms with Crippen molar-refractivity contribution in [3.05, 3.63) is 0 Å². The lowest BCUT2D eigenvalue weighted by Crippen LogP contribution is -2.27. The van der Waals surface area contributed by atoms with Gasteiger partial charge in [-0.1, -0.05) is 245 Å². The van der Waals surface area contributed by atoms with Crippen LogP contribution in [0.15, 0.2) is 0 Å². The van der Waals surface area contributed by atoms with Gasteiger partial charge in [0.2, 0.25) is 0 Å². The van der Waals surface area contributed by atoms with Crippen LogP contribution in [0.5, 0.6) is 0 Å². The first-order valence-electron chi connectivity index (χ1n) is 23.7. The smallest absolute Gasteiger partial charge is 0.327 e. The van der Waals surface area contributed by atoms with Crippen LogP contribution >= 0.6 is 8.60 Å². The molecule has 0 aromatic carbocycles. The topological polar surface area (TPSA) is 52.9 Å². The SMILES string of the molecule is CCCCCCCCCCCCCCN(CCCCCCCCCCCCCC)CCCCCCCCCCCCCCCCCCOP(O)O. The Kier molecular flexibility index (Phi) is 46.7. The van der Waals surface area contributed by atoms with Crippen LogP contribution in [0.25, 0.3) is 0 Å². The molecule has 0 aliphatic carbocycles. The normalized spacial score (nSPS) is 11.9. The highest BCUT2D eigenvalue weighted by molar-refractivity contribution is 7.39. The van der Waals surface area contributed by atoms with Crippen LogP contribution in [-0.2, 0) is 4.52 Å². The van der Waals surface area contributed by atoms with Crippen LogP contribution in [0.4, 0.5) is 0 Å². The van der Waals surface area contributed by atoms with Gasteiger partial charge in [0, 0.05) is 0 Å². The van der Waals surface area contributed by atoms with Crippen LogP contribution in [-0.4, -0.2) is 40.9 Å². The van der Waals surface area contributed by atoms with Crippen LogP contribution in [0.1, 0.15) is 271 Å². The lowest BCUT2D eigenvalue weighted by atomic mass is 10.0. The second-order valence-electron chi connectivity index (χ2n) is 16.4. The third kappa shape index (κ3) is 46.3. The monoisotopic (exact) mass is 742 g/mol. The van der Waals surface area contributed by atoms with Gasteiger partial charge >= 0.3 is 8.60 Å². The molecule has 0 aromatic rings. The summed E-state index contributed by atoms with van der Waals surface area (Å²) in [5, 5.41) is 0. The zero-order valence-electron chi connectivity index (χ0n) is 35.3. The minimum absolute atomic E-state index is 0.483. The molecule has 0 bridgehead atoms. The predicted molar refractivity (Wildman–Crippen MR) is 230 cm³/mol. The second-order valence-corrected chi connectivity index (χ2v) is 17.1. The van der Waals surface area contributed by atoms with Gasteiger partial charge in [0.15, 0.2) is 0 Å². The first-order valence-corrected chi connectivity index (χ1v) is 24.9. The molecule has 0 heterocycles. The highest BCUT2D eigenvalue weighted by Crippen LogP contribution is 2.24. The van der Waals surface area contributed by atoms with E-state index in [1.54, 1.807) is 0 Å². The number of rotatable bonds is 46. The summed E-state index contributed by atoms with van der Waals surface area (Å²) in [6.45, 7) is 9.16. The fraction of sp³-hybridized carbons (Fsp3) is 1.00. The molecule has 5 heteroatoms. The minimum Gasteiger partial charge on any atom is -0.328 e. The van der Waals surface area contributed by atoms with Crippen molar-refractivity contribution >= 4 is 8.60 Å². The van der Waals surface area contributed by atoms with E-state index in [4.69, 9.17) is 14.3 Å². The van der Waals surface area contributed by atoms with E-state index in [1.807, 2.05) is 0 Å². The standard InChI is InChI=1S/C46H96NO3P/c1-3-5-7-9-11-13-15-23-27-31-35-39-43-47(44-40-36-32-28-24-16-14-12-10-8-6-4-2)45-41-37-33-29-25-21-19-17-18-20-22-26-30-34-38-42-46-50-51(48)49/h48-49H,3-46H2,1-2H3. The summed E-state index contributed by atoms with van der Waals surface area (Å²) in [6, 6.07) is 0. The summed E-state index contributed by atoms with van der Waals surface area (Å²) in [6.07, 6.45) is 56.4. The average Bonchev–Trinajstić information content (AvgIpc) is 3.12. The fourth-order valence-corrected chi connectivity index (χ4v) is 8.04. The van der Waals surface area contributed by atoms with Crippen LogP contribution < -0.4 is 0 Å².